The van der Waals surface area contributed by atoms with Crippen LogP contribution < -0.4 is 5.32 Å². The van der Waals surface area contributed by atoms with Crippen LogP contribution in [0.2, 0.25) is 0 Å². The first-order chi connectivity index (χ1) is 10.3. The second-order valence-corrected chi connectivity index (χ2v) is 7.25. The highest BCUT2D eigenvalue weighted by molar-refractivity contribution is 4.94. The molecule has 2 saturated heterocycles. The molecule has 2 aliphatic heterocycles. The number of aliphatic hydroxyl groups excluding tert-OH is 1. The lowest BCUT2D eigenvalue weighted by atomic mass is 9.78. The maximum atomic E-state index is 9.45. The fraction of sp³-hybridized carbons (Fsp3) is 1.00. The first-order valence-electron chi connectivity index (χ1n) is 9.04. The third kappa shape index (κ3) is 3.98. The number of ether oxygens (including phenoxy) is 1. The lowest BCUT2D eigenvalue weighted by molar-refractivity contribution is -0.125. The van der Waals surface area contributed by atoms with Crippen LogP contribution >= 0.6 is 0 Å². The normalized spacial score (nSPS) is 32.9. The van der Waals surface area contributed by atoms with Gasteiger partial charge in [0, 0.05) is 31.8 Å². The standard InChI is InChI=1S/C17H32N2O2/c20-11-10-19(14-15-5-4-9-18-15)16-6-12-21-17(13-16)7-2-1-3-8-17/h15-16,18,20H,1-14H2. The van der Waals surface area contributed by atoms with Gasteiger partial charge < -0.3 is 15.2 Å². The molecule has 0 aromatic carbocycles. The zero-order valence-electron chi connectivity index (χ0n) is 13.4. The number of nitrogens with one attached hydrogen (secondary N) is 1. The number of hydrogen-bond acceptors (Lipinski definition) is 4. The molecule has 2 unspecified atom stereocenters. The molecule has 2 N–H and O–H groups in total. The fourth-order valence-corrected chi connectivity index (χ4v) is 4.61. The van der Waals surface area contributed by atoms with Crippen LogP contribution in [0.25, 0.3) is 0 Å². The van der Waals surface area contributed by atoms with Crippen molar-refractivity contribution in [1.82, 2.24) is 10.2 Å². The summed E-state index contributed by atoms with van der Waals surface area (Å²) in [6.07, 6.45) is 11.4. The number of rotatable bonds is 5. The van der Waals surface area contributed by atoms with E-state index in [9.17, 15) is 5.11 Å². The van der Waals surface area contributed by atoms with E-state index < -0.39 is 0 Å². The monoisotopic (exact) mass is 296 g/mol. The predicted octanol–water partition coefficient (Wildman–Crippen LogP) is 1.91. The molecule has 4 nitrogen and oxygen atoms in total. The lowest BCUT2D eigenvalue weighted by Gasteiger charge is -2.47. The van der Waals surface area contributed by atoms with Crippen LogP contribution in [0.4, 0.5) is 0 Å². The van der Waals surface area contributed by atoms with Gasteiger partial charge in [-0.25, -0.2) is 0 Å². The van der Waals surface area contributed by atoms with E-state index >= 15 is 0 Å². The Kier molecular flexibility index (Phi) is 5.54. The largest absolute Gasteiger partial charge is 0.395 e. The summed E-state index contributed by atoms with van der Waals surface area (Å²) in [6, 6.07) is 1.23. The summed E-state index contributed by atoms with van der Waals surface area (Å²) in [7, 11) is 0. The molecule has 1 aliphatic carbocycles. The Morgan fingerprint density at radius 3 is 2.71 bits per heavy atom. The van der Waals surface area contributed by atoms with Gasteiger partial charge in [0.15, 0.2) is 0 Å². The zero-order valence-corrected chi connectivity index (χ0v) is 13.4. The first kappa shape index (κ1) is 15.7. The van der Waals surface area contributed by atoms with E-state index in [-0.39, 0.29) is 12.2 Å². The van der Waals surface area contributed by atoms with Crippen LogP contribution in [0.5, 0.6) is 0 Å². The van der Waals surface area contributed by atoms with Crippen LogP contribution in [0.3, 0.4) is 0 Å². The van der Waals surface area contributed by atoms with E-state index in [4.69, 9.17) is 4.74 Å². The van der Waals surface area contributed by atoms with Crippen LogP contribution in [-0.4, -0.2) is 60.5 Å². The molecule has 0 aromatic heterocycles. The maximum absolute atomic E-state index is 9.45. The van der Waals surface area contributed by atoms with Gasteiger partial charge in [0.05, 0.1) is 12.2 Å². The third-order valence-corrected chi connectivity index (χ3v) is 5.75. The molecular formula is C17H32N2O2. The molecular weight excluding hydrogens is 264 g/mol. The smallest absolute Gasteiger partial charge is 0.0697 e. The van der Waals surface area contributed by atoms with Gasteiger partial charge in [-0.2, -0.15) is 0 Å². The van der Waals surface area contributed by atoms with E-state index in [2.05, 4.69) is 10.2 Å². The van der Waals surface area contributed by atoms with E-state index in [1.165, 1.54) is 51.4 Å². The Bertz CT molecular complexity index is 306. The number of hydrogen-bond donors (Lipinski definition) is 2. The minimum Gasteiger partial charge on any atom is -0.395 e. The van der Waals surface area contributed by atoms with Crippen LogP contribution in [-0.2, 0) is 4.74 Å². The van der Waals surface area contributed by atoms with Gasteiger partial charge in [-0.1, -0.05) is 19.3 Å². The summed E-state index contributed by atoms with van der Waals surface area (Å²) in [6.45, 7) is 4.26. The molecule has 0 amide bonds. The molecule has 21 heavy (non-hydrogen) atoms. The highest BCUT2D eigenvalue weighted by atomic mass is 16.5. The highest BCUT2D eigenvalue weighted by Gasteiger charge is 2.40. The van der Waals surface area contributed by atoms with Gasteiger partial charge in [0.2, 0.25) is 0 Å². The van der Waals surface area contributed by atoms with Crippen molar-refractivity contribution in [2.75, 3.05) is 32.8 Å². The topological polar surface area (TPSA) is 44.7 Å². The second-order valence-electron chi connectivity index (χ2n) is 7.25. The maximum Gasteiger partial charge on any atom is 0.0697 e. The molecule has 3 fully saturated rings. The predicted molar refractivity (Wildman–Crippen MR) is 84.5 cm³/mol. The number of aliphatic hydroxyl groups is 1. The quantitative estimate of drug-likeness (QED) is 0.813. The molecule has 1 spiro atoms. The van der Waals surface area contributed by atoms with Gasteiger partial charge in [-0.05, 0) is 45.1 Å². The molecule has 4 heteroatoms. The van der Waals surface area contributed by atoms with Gasteiger partial charge >= 0.3 is 0 Å². The molecule has 0 radical (unpaired) electrons. The summed E-state index contributed by atoms with van der Waals surface area (Å²) in [5.41, 5.74) is 0.165. The van der Waals surface area contributed by atoms with Crippen molar-refractivity contribution < 1.29 is 9.84 Å². The van der Waals surface area contributed by atoms with E-state index in [1.807, 2.05) is 0 Å². The lowest BCUT2D eigenvalue weighted by Crippen LogP contribution is -2.52. The Balaban J connectivity index is 1.60. The molecule has 0 bridgehead atoms. The van der Waals surface area contributed by atoms with Crippen molar-refractivity contribution in [3.63, 3.8) is 0 Å². The van der Waals surface area contributed by atoms with Crippen molar-refractivity contribution >= 4 is 0 Å². The van der Waals surface area contributed by atoms with E-state index in [1.54, 1.807) is 0 Å². The fourth-order valence-electron chi connectivity index (χ4n) is 4.61. The van der Waals surface area contributed by atoms with Crippen LogP contribution in [0.1, 0.15) is 57.8 Å². The summed E-state index contributed by atoms with van der Waals surface area (Å²) >= 11 is 0. The van der Waals surface area contributed by atoms with Gasteiger partial charge in [-0.3, -0.25) is 4.90 Å². The summed E-state index contributed by atoms with van der Waals surface area (Å²) in [5.74, 6) is 0. The molecule has 122 valence electrons. The first-order valence-corrected chi connectivity index (χ1v) is 9.04. The second kappa shape index (κ2) is 7.40. The summed E-state index contributed by atoms with van der Waals surface area (Å²) in [4.78, 5) is 2.54. The third-order valence-electron chi connectivity index (χ3n) is 5.75. The molecule has 2 heterocycles. The Morgan fingerprint density at radius 2 is 2.00 bits per heavy atom. The van der Waals surface area contributed by atoms with Gasteiger partial charge in [0.25, 0.3) is 0 Å². The highest BCUT2D eigenvalue weighted by Crippen LogP contribution is 2.39. The molecule has 3 rings (SSSR count). The SMILES string of the molecule is OCCN(CC1CCCN1)C1CCOC2(CCCCC2)C1. The van der Waals surface area contributed by atoms with Gasteiger partial charge in [0.1, 0.15) is 0 Å². The average Bonchev–Trinajstić information content (AvgIpc) is 3.01. The van der Waals surface area contributed by atoms with Crippen molar-refractivity contribution in [3.8, 4) is 0 Å². The molecule has 1 saturated carbocycles. The van der Waals surface area contributed by atoms with E-state index in [0.717, 1.165) is 32.7 Å². The van der Waals surface area contributed by atoms with Crippen molar-refractivity contribution in [1.29, 1.82) is 0 Å². The minimum absolute atomic E-state index is 0.165. The van der Waals surface area contributed by atoms with Crippen molar-refractivity contribution in [3.05, 3.63) is 0 Å². The Morgan fingerprint density at radius 1 is 1.14 bits per heavy atom. The minimum atomic E-state index is 0.165. The van der Waals surface area contributed by atoms with Crippen LogP contribution in [0, 0.1) is 0 Å². The molecule has 3 aliphatic rings. The van der Waals surface area contributed by atoms with Crippen molar-refractivity contribution in [2.45, 2.75) is 75.5 Å². The van der Waals surface area contributed by atoms with Gasteiger partial charge in [-0.15, -0.1) is 0 Å². The Hall–Kier alpha value is -0.160. The Labute approximate surface area is 129 Å². The van der Waals surface area contributed by atoms with Crippen LogP contribution in [0.15, 0.2) is 0 Å². The van der Waals surface area contributed by atoms with Crippen molar-refractivity contribution in [2.24, 2.45) is 0 Å². The summed E-state index contributed by atoms with van der Waals surface area (Å²) < 4.78 is 6.23. The molecule has 2 atom stereocenters. The number of nitrogens with zero attached hydrogens (tertiary/aromatic N) is 1. The molecule has 0 aromatic rings. The zero-order chi connectivity index (χ0) is 14.5. The van der Waals surface area contributed by atoms with E-state index in [0.29, 0.717) is 12.1 Å². The average molecular weight is 296 g/mol. The summed E-state index contributed by atoms with van der Waals surface area (Å²) in [5, 5.41) is 13.1.